The summed E-state index contributed by atoms with van der Waals surface area (Å²) < 4.78 is 2.16. The van der Waals surface area contributed by atoms with Crippen molar-refractivity contribution in [3.63, 3.8) is 0 Å². The number of aryl methyl sites for hydroxylation is 1. The summed E-state index contributed by atoms with van der Waals surface area (Å²) in [5, 5.41) is 3.62. The number of imidazole rings is 1. The third-order valence-electron chi connectivity index (χ3n) is 4.06. The maximum Gasteiger partial charge on any atom is 0.203 e. The predicted octanol–water partition coefficient (Wildman–Crippen LogP) is 3.56. The second-order valence-corrected chi connectivity index (χ2v) is 5.60. The number of rotatable bonds is 2. The Morgan fingerprint density at radius 1 is 1.28 bits per heavy atom. The molecule has 0 spiro atoms. The van der Waals surface area contributed by atoms with Crippen molar-refractivity contribution < 1.29 is 0 Å². The summed E-state index contributed by atoms with van der Waals surface area (Å²) in [5.41, 5.74) is 2.27. The van der Waals surface area contributed by atoms with Crippen molar-refractivity contribution in [2.75, 3.05) is 5.32 Å². The van der Waals surface area contributed by atoms with Gasteiger partial charge in [-0.3, -0.25) is 0 Å². The van der Waals surface area contributed by atoms with Crippen LogP contribution in [0.5, 0.6) is 0 Å². The van der Waals surface area contributed by atoms with Crippen LogP contribution in [0.3, 0.4) is 0 Å². The lowest BCUT2D eigenvalue weighted by Gasteiger charge is -2.27. The third-order valence-corrected chi connectivity index (χ3v) is 4.06. The molecule has 0 saturated heterocycles. The molecule has 3 nitrogen and oxygen atoms in total. The quantitative estimate of drug-likeness (QED) is 0.874. The molecule has 2 aromatic rings. The SMILES string of the molecule is CC1CCCC(Nc2nc3ccccc3n2C)C1. The van der Waals surface area contributed by atoms with Crippen LogP contribution in [0.25, 0.3) is 11.0 Å². The van der Waals surface area contributed by atoms with Crippen LogP contribution < -0.4 is 5.32 Å². The van der Waals surface area contributed by atoms with Gasteiger partial charge in [-0.15, -0.1) is 0 Å². The Bertz CT molecular complexity index is 544. The van der Waals surface area contributed by atoms with Crippen molar-refractivity contribution in [3.05, 3.63) is 24.3 Å². The van der Waals surface area contributed by atoms with Gasteiger partial charge in [-0.2, -0.15) is 0 Å². The lowest BCUT2D eigenvalue weighted by Crippen LogP contribution is -2.27. The average Bonchev–Trinajstić information content (AvgIpc) is 2.67. The number of nitrogens with zero attached hydrogens (tertiary/aromatic N) is 2. The summed E-state index contributed by atoms with van der Waals surface area (Å²) in [6.07, 6.45) is 5.25. The number of fused-ring (bicyclic) bond motifs is 1. The summed E-state index contributed by atoms with van der Waals surface area (Å²) in [4.78, 5) is 4.68. The van der Waals surface area contributed by atoms with Crippen LogP contribution in [0.4, 0.5) is 5.95 Å². The maximum atomic E-state index is 4.68. The second-order valence-electron chi connectivity index (χ2n) is 5.60. The van der Waals surface area contributed by atoms with Crippen molar-refractivity contribution in [2.24, 2.45) is 13.0 Å². The normalized spacial score (nSPS) is 24.3. The molecule has 1 fully saturated rings. The van der Waals surface area contributed by atoms with E-state index in [0.29, 0.717) is 6.04 Å². The highest BCUT2D eigenvalue weighted by Crippen LogP contribution is 2.27. The first-order chi connectivity index (χ1) is 8.74. The van der Waals surface area contributed by atoms with Crippen LogP contribution in [0.2, 0.25) is 0 Å². The number of hydrogen-bond donors (Lipinski definition) is 1. The number of anilines is 1. The van der Waals surface area contributed by atoms with Crippen molar-refractivity contribution in [1.29, 1.82) is 0 Å². The Hall–Kier alpha value is -1.51. The predicted molar refractivity (Wildman–Crippen MR) is 75.8 cm³/mol. The van der Waals surface area contributed by atoms with Gasteiger partial charge in [0, 0.05) is 13.1 Å². The molecule has 1 aromatic heterocycles. The number of hydrogen-bond acceptors (Lipinski definition) is 2. The molecule has 2 unspecified atom stereocenters. The first-order valence-corrected chi connectivity index (χ1v) is 6.92. The zero-order chi connectivity index (χ0) is 12.5. The molecule has 18 heavy (non-hydrogen) atoms. The van der Waals surface area contributed by atoms with Crippen LogP contribution >= 0.6 is 0 Å². The highest BCUT2D eigenvalue weighted by atomic mass is 15.2. The average molecular weight is 243 g/mol. The van der Waals surface area contributed by atoms with E-state index in [4.69, 9.17) is 0 Å². The van der Waals surface area contributed by atoms with Crippen LogP contribution in [-0.2, 0) is 7.05 Å². The molecule has 1 aliphatic rings. The molecule has 0 radical (unpaired) electrons. The molecule has 0 bridgehead atoms. The Labute approximate surface area is 108 Å². The summed E-state index contributed by atoms with van der Waals surface area (Å²) in [5.74, 6) is 1.85. The van der Waals surface area contributed by atoms with Crippen LogP contribution in [0.15, 0.2) is 24.3 Å². The first-order valence-electron chi connectivity index (χ1n) is 6.92. The van der Waals surface area contributed by atoms with Crippen molar-refractivity contribution in [2.45, 2.75) is 38.6 Å². The highest BCUT2D eigenvalue weighted by molar-refractivity contribution is 5.78. The van der Waals surface area contributed by atoms with Gasteiger partial charge in [0.1, 0.15) is 0 Å². The van der Waals surface area contributed by atoms with E-state index < -0.39 is 0 Å². The molecule has 1 N–H and O–H groups in total. The lowest BCUT2D eigenvalue weighted by atomic mass is 9.87. The Morgan fingerprint density at radius 3 is 2.89 bits per heavy atom. The van der Waals surface area contributed by atoms with E-state index in [2.05, 4.69) is 47.0 Å². The maximum absolute atomic E-state index is 4.68. The van der Waals surface area contributed by atoms with E-state index in [1.54, 1.807) is 0 Å². The van der Waals surface area contributed by atoms with Gasteiger partial charge in [0.2, 0.25) is 5.95 Å². The molecule has 0 amide bonds. The van der Waals surface area contributed by atoms with Crippen LogP contribution in [0.1, 0.15) is 32.6 Å². The molecule has 1 aliphatic carbocycles. The molecule has 1 saturated carbocycles. The Balaban J connectivity index is 1.84. The zero-order valence-corrected chi connectivity index (χ0v) is 11.2. The van der Waals surface area contributed by atoms with Gasteiger partial charge in [0.15, 0.2) is 0 Å². The second kappa shape index (κ2) is 4.63. The van der Waals surface area contributed by atoms with Gasteiger partial charge >= 0.3 is 0 Å². The summed E-state index contributed by atoms with van der Waals surface area (Å²) >= 11 is 0. The molecule has 3 heteroatoms. The first kappa shape index (κ1) is 11.6. The Morgan fingerprint density at radius 2 is 2.11 bits per heavy atom. The van der Waals surface area contributed by atoms with Gasteiger partial charge in [0.25, 0.3) is 0 Å². The highest BCUT2D eigenvalue weighted by Gasteiger charge is 2.20. The topological polar surface area (TPSA) is 29.9 Å². The fourth-order valence-corrected chi connectivity index (χ4v) is 3.02. The molecule has 96 valence electrons. The third kappa shape index (κ3) is 2.09. The lowest BCUT2D eigenvalue weighted by molar-refractivity contribution is 0.357. The smallest absolute Gasteiger partial charge is 0.203 e. The minimum absolute atomic E-state index is 0.587. The van der Waals surface area contributed by atoms with Crippen molar-refractivity contribution in [3.8, 4) is 0 Å². The number of para-hydroxylation sites is 2. The molecule has 1 aromatic carbocycles. The number of nitrogens with one attached hydrogen (secondary N) is 1. The van der Waals surface area contributed by atoms with Crippen LogP contribution in [-0.4, -0.2) is 15.6 Å². The zero-order valence-electron chi connectivity index (χ0n) is 11.2. The van der Waals surface area contributed by atoms with E-state index in [0.717, 1.165) is 17.4 Å². The summed E-state index contributed by atoms with van der Waals surface area (Å²) in [7, 11) is 2.09. The molecule has 2 atom stereocenters. The molecule has 3 rings (SSSR count). The largest absolute Gasteiger partial charge is 0.353 e. The Kier molecular flexibility index (Phi) is 2.98. The van der Waals surface area contributed by atoms with Crippen LogP contribution in [0, 0.1) is 5.92 Å². The van der Waals surface area contributed by atoms with E-state index in [-0.39, 0.29) is 0 Å². The van der Waals surface area contributed by atoms with Crippen molar-refractivity contribution >= 4 is 17.0 Å². The van der Waals surface area contributed by atoms with Gasteiger partial charge < -0.3 is 9.88 Å². The van der Waals surface area contributed by atoms with Gasteiger partial charge in [0.05, 0.1) is 11.0 Å². The van der Waals surface area contributed by atoms with Gasteiger partial charge in [-0.1, -0.05) is 31.9 Å². The molecule has 0 aliphatic heterocycles. The van der Waals surface area contributed by atoms with Gasteiger partial charge in [-0.25, -0.2) is 4.98 Å². The molecular weight excluding hydrogens is 222 g/mol. The van der Waals surface area contributed by atoms with E-state index >= 15 is 0 Å². The van der Waals surface area contributed by atoms with Crippen molar-refractivity contribution in [1.82, 2.24) is 9.55 Å². The van der Waals surface area contributed by atoms with E-state index in [9.17, 15) is 0 Å². The summed E-state index contributed by atoms with van der Waals surface area (Å²) in [6, 6.07) is 8.89. The van der Waals surface area contributed by atoms with Gasteiger partial charge in [-0.05, 0) is 30.9 Å². The molecular formula is C15H21N3. The number of benzene rings is 1. The summed E-state index contributed by atoms with van der Waals surface area (Å²) in [6.45, 7) is 2.35. The monoisotopic (exact) mass is 243 g/mol. The van der Waals surface area contributed by atoms with E-state index in [1.165, 1.54) is 31.2 Å². The fraction of sp³-hybridized carbons (Fsp3) is 0.533. The minimum Gasteiger partial charge on any atom is -0.353 e. The standard InChI is InChI=1S/C15H21N3/c1-11-6-5-7-12(10-11)16-15-17-13-8-3-4-9-14(13)18(15)2/h3-4,8-9,11-12H,5-7,10H2,1-2H3,(H,16,17). The minimum atomic E-state index is 0.587. The van der Waals surface area contributed by atoms with E-state index in [1.807, 2.05) is 6.07 Å². The molecule has 1 heterocycles. The number of aromatic nitrogens is 2. The fourth-order valence-electron chi connectivity index (χ4n) is 3.02.